The van der Waals surface area contributed by atoms with E-state index in [1.54, 1.807) is 0 Å². The highest BCUT2D eigenvalue weighted by Gasteiger charge is 2.28. The molecule has 0 saturated heterocycles. The zero-order valence-electron chi connectivity index (χ0n) is 21.5. The molecule has 1 aliphatic carbocycles. The van der Waals surface area contributed by atoms with Crippen molar-refractivity contribution >= 4 is 75.5 Å². The fourth-order valence-electron chi connectivity index (χ4n) is 7.21. The van der Waals surface area contributed by atoms with Crippen LogP contribution in [0.2, 0.25) is 0 Å². The molecule has 0 bridgehead atoms. The first-order valence-corrected chi connectivity index (χ1v) is 14.6. The lowest BCUT2D eigenvalue weighted by molar-refractivity contribution is 1.20. The molecule has 40 heavy (non-hydrogen) atoms. The molecule has 7 aromatic carbocycles. The van der Waals surface area contributed by atoms with Crippen LogP contribution in [0.25, 0.3) is 91.5 Å². The topological polar surface area (TPSA) is 4.93 Å². The fourth-order valence-corrected chi connectivity index (χ4v) is 8.48. The molecule has 184 valence electrons. The van der Waals surface area contributed by atoms with Crippen LogP contribution in [0, 0.1) is 0 Å². The van der Waals surface area contributed by atoms with Gasteiger partial charge >= 0.3 is 0 Å². The van der Waals surface area contributed by atoms with E-state index in [9.17, 15) is 0 Å². The summed E-state index contributed by atoms with van der Waals surface area (Å²) < 4.78 is 3.85. The highest BCUT2D eigenvalue weighted by molar-refractivity contribution is 7.23. The Morgan fingerprint density at radius 1 is 0.450 bits per heavy atom. The zero-order chi connectivity index (χ0) is 25.9. The minimum absolute atomic E-state index is 1.24. The first kappa shape index (κ1) is 21.0. The van der Waals surface area contributed by atoms with Gasteiger partial charge in [0, 0.05) is 47.6 Å². The van der Waals surface area contributed by atoms with Crippen molar-refractivity contribution in [3.63, 3.8) is 0 Å². The molecule has 9 aromatic rings. The Kier molecular flexibility index (Phi) is 3.87. The number of thiophene rings is 1. The Bertz CT molecular complexity index is 2540. The Morgan fingerprint density at radius 3 is 2.10 bits per heavy atom. The van der Waals surface area contributed by atoms with Crippen molar-refractivity contribution in [3.05, 3.63) is 127 Å². The number of aromatic nitrogens is 1. The number of fused-ring (bicyclic) bond motifs is 11. The third kappa shape index (κ3) is 2.53. The quantitative estimate of drug-likeness (QED) is 0.202. The standard InChI is InChI=1S/C38H21NS/c1-2-10-24-21-33-30(20-23(24)9-1)26-12-5-6-15-31(26)39(33)32-18-17-29-35-27(32)13-7-14-28(35)37-36-25-11-4-3-8-22(25)16-19-34(36)40-38(29)37/h1-21H. The first-order chi connectivity index (χ1) is 19.8. The van der Waals surface area contributed by atoms with Crippen LogP contribution in [0.5, 0.6) is 0 Å². The van der Waals surface area contributed by atoms with Gasteiger partial charge in [-0.05, 0) is 57.4 Å². The molecule has 1 nitrogen and oxygen atoms in total. The summed E-state index contributed by atoms with van der Waals surface area (Å²) in [6.45, 7) is 0. The van der Waals surface area contributed by atoms with Gasteiger partial charge in [0.2, 0.25) is 0 Å². The summed E-state index contributed by atoms with van der Waals surface area (Å²) in [5.74, 6) is 0. The van der Waals surface area contributed by atoms with Crippen LogP contribution in [-0.4, -0.2) is 4.57 Å². The van der Waals surface area contributed by atoms with Gasteiger partial charge in [0.1, 0.15) is 0 Å². The van der Waals surface area contributed by atoms with E-state index >= 15 is 0 Å². The van der Waals surface area contributed by atoms with Gasteiger partial charge in [-0.1, -0.05) is 97.1 Å². The maximum Gasteiger partial charge on any atom is 0.0547 e. The number of benzene rings is 7. The molecule has 0 spiro atoms. The molecule has 0 saturated carbocycles. The molecule has 1 aliphatic rings. The average molecular weight is 524 g/mol. The summed E-state index contributed by atoms with van der Waals surface area (Å²) in [6, 6.07) is 47.2. The Balaban J connectivity index is 1.34. The molecule has 0 radical (unpaired) electrons. The second-order valence-corrected chi connectivity index (χ2v) is 11.9. The SMILES string of the molecule is c1ccc2cc3c(cc2c1)c1ccccc1n3-c1ccc2c3c(cccc13)-c1c-2sc2ccc3ccccc3c12. The molecule has 0 unspecified atom stereocenters. The van der Waals surface area contributed by atoms with E-state index in [0.29, 0.717) is 0 Å². The smallest absolute Gasteiger partial charge is 0.0547 e. The molecule has 0 atom stereocenters. The molecule has 2 heterocycles. The van der Waals surface area contributed by atoms with Gasteiger partial charge in [-0.25, -0.2) is 0 Å². The molecule has 0 N–H and O–H groups in total. The van der Waals surface area contributed by atoms with Crippen molar-refractivity contribution in [2.75, 3.05) is 0 Å². The largest absolute Gasteiger partial charge is 0.309 e. The lowest BCUT2D eigenvalue weighted by Crippen LogP contribution is -1.95. The van der Waals surface area contributed by atoms with E-state index in [4.69, 9.17) is 0 Å². The van der Waals surface area contributed by atoms with Gasteiger partial charge in [-0.3, -0.25) is 0 Å². The van der Waals surface area contributed by atoms with Gasteiger partial charge < -0.3 is 4.57 Å². The highest BCUT2D eigenvalue weighted by Crippen LogP contribution is 2.56. The van der Waals surface area contributed by atoms with E-state index in [0.717, 1.165) is 0 Å². The van der Waals surface area contributed by atoms with Gasteiger partial charge in [0.15, 0.2) is 0 Å². The molecule has 0 amide bonds. The van der Waals surface area contributed by atoms with Crippen LogP contribution in [0.4, 0.5) is 0 Å². The maximum atomic E-state index is 2.49. The van der Waals surface area contributed by atoms with Gasteiger partial charge in [-0.15, -0.1) is 11.3 Å². The van der Waals surface area contributed by atoms with Crippen molar-refractivity contribution < 1.29 is 0 Å². The van der Waals surface area contributed by atoms with E-state index in [1.165, 1.54) is 91.5 Å². The van der Waals surface area contributed by atoms with Crippen molar-refractivity contribution in [1.82, 2.24) is 4.57 Å². The fraction of sp³-hybridized carbons (Fsp3) is 0. The predicted molar refractivity (Wildman–Crippen MR) is 173 cm³/mol. The van der Waals surface area contributed by atoms with Crippen LogP contribution in [0.15, 0.2) is 127 Å². The van der Waals surface area contributed by atoms with Crippen molar-refractivity contribution in [1.29, 1.82) is 0 Å². The third-order valence-electron chi connectivity index (χ3n) is 8.89. The zero-order valence-corrected chi connectivity index (χ0v) is 22.3. The summed E-state index contributed by atoms with van der Waals surface area (Å²) in [4.78, 5) is 1.40. The van der Waals surface area contributed by atoms with Crippen LogP contribution >= 0.6 is 11.3 Å². The molecule has 2 heteroatoms. The average Bonchev–Trinajstić information content (AvgIpc) is 3.65. The minimum atomic E-state index is 1.24. The minimum Gasteiger partial charge on any atom is -0.309 e. The number of para-hydroxylation sites is 1. The van der Waals surface area contributed by atoms with E-state index in [-0.39, 0.29) is 0 Å². The second kappa shape index (κ2) is 7.38. The molecule has 0 fully saturated rings. The summed E-state index contributed by atoms with van der Waals surface area (Å²) in [6.07, 6.45) is 0. The van der Waals surface area contributed by atoms with Crippen molar-refractivity contribution in [2.45, 2.75) is 0 Å². The van der Waals surface area contributed by atoms with Crippen LogP contribution in [0.1, 0.15) is 0 Å². The second-order valence-electron chi connectivity index (χ2n) is 10.9. The van der Waals surface area contributed by atoms with Gasteiger partial charge in [0.05, 0.1) is 16.7 Å². The summed E-state index contributed by atoms with van der Waals surface area (Å²) in [5.41, 5.74) is 7.87. The highest BCUT2D eigenvalue weighted by atomic mass is 32.1. The van der Waals surface area contributed by atoms with E-state index in [2.05, 4.69) is 132 Å². The third-order valence-corrected chi connectivity index (χ3v) is 10.1. The van der Waals surface area contributed by atoms with E-state index < -0.39 is 0 Å². The van der Waals surface area contributed by atoms with Crippen molar-refractivity contribution in [3.8, 4) is 27.3 Å². The Labute approximate surface area is 234 Å². The predicted octanol–water partition coefficient (Wildman–Crippen LogP) is 11.1. The van der Waals surface area contributed by atoms with Crippen LogP contribution < -0.4 is 0 Å². The lowest BCUT2D eigenvalue weighted by atomic mass is 9.98. The number of nitrogens with zero attached hydrogens (tertiary/aromatic N) is 1. The van der Waals surface area contributed by atoms with Crippen LogP contribution in [0.3, 0.4) is 0 Å². The Hall–Kier alpha value is -4.92. The first-order valence-electron chi connectivity index (χ1n) is 13.8. The molecule has 2 aromatic heterocycles. The normalized spacial score (nSPS) is 12.5. The molecule has 10 rings (SSSR count). The molecule has 0 aliphatic heterocycles. The number of hydrogen-bond donors (Lipinski definition) is 0. The van der Waals surface area contributed by atoms with E-state index in [1.807, 2.05) is 11.3 Å². The molecular formula is C38H21NS. The molecular weight excluding hydrogens is 502 g/mol. The summed E-state index contributed by atoms with van der Waals surface area (Å²) in [7, 11) is 0. The maximum absolute atomic E-state index is 2.49. The van der Waals surface area contributed by atoms with Crippen molar-refractivity contribution in [2.24, 2.45) is 0 Å². The lowest BCUT2D eigenvalue weighted by Gasteiger charge is -2.14. The monoisotopic (exact) mass is 523 g/mol. The summed E-state index contributed by atoms with van der Waals surface area (Å²) >= 11 is 1.93. The summed E-state index contributed by atoms with van der Waals surface area (Å²) in [5, 5.41) is 11.9. The number of hydrogen-bond acceptors (Lipinski definition) is 1. The Morgan fingerprint density at radius 2 is 1.20 bits per heavy atom. The van der Waals surface area contributed by atoms with Gasteiger partial charge in [-0.2, -0.15) is 0 Å². The van der Waals surface area contributed by atoms with Gasteiger partial charge in [0.25, 0.3) is 0 Å². The van der Waals surface area contributed by atoms with Crippen LogP contribution in [-0.2, 0) is 0 Å². The number of rotatable bonds is 1.